The first-order valence-corrected chi connectivity index (χ1v) is 13.0. The predicted octanol–water partition coefficient (Wildman–Crippen LogP) is 1.35. The van der Waals surface area contributed by atoms with Crippen LogP contribution in [0.3, 0.4) is 0 Å². The summed E-state index contributed by atoms with van der Waals surface area (Å²) in [7, 11) is 0. The van der Waals surface area contributed by atoms with Gasteiger partial charge in [-0.05, 0) is 101 Å². The number of ether oxygens (including phenoxy) is 2. The van der Waals surface area contributed by atoms with Crippen molar-refractivity contribution in [2.45, 2.75) is 128 Å². The molecule has 10 heteroatoms. The van der Waals surface area contributed by atoms with Crippen molar-refractivity contribution in [2.75, 3.05) is 26.3 Å². The van der Waals surface area contributed by atoms with Gasteiger partial charge < -0.3 is 41.8 Å². The van der Waals surface area contributed by atoms with Crippen LogP contribution in [0.5, 0.6) is 0 Å². The highest BCUT2D eigenvalue weighted by Gasteiger charge is 2.31. The van der Waals surface area contributed by atoms with Crippen LogP contribution in [-0.4, -0.2) is 82.8 Å². The van der Waals surface area contributed by atoms with Crippen LogP contribution in [0, 0.1) is 0 Å². The Labute approximate surface area is 218 Å². The summed E-state index contributed by atoms with van der Waals surface area (Å²) in [5.41, 5.74) is 9.35. The molecule has 0 radical (unpaired) electrons. The smallest absolute Gasteiger partial charge is 0.251 e. The average molecular weight is 519 g/mol. The summed E-state index contributed by atoms with van der Waals surface area (Å²) in [6.45, 7) is 17.2. The first-order valence-electron chi connectivity index (χ1n) is 13.0. The Morgan fingerprint density at radius 1 is 0.750 bits per heavy atom. The van der Waals surface area contributed by atoms with Crippen molar-refractivity contribution in [3.05, 3.63) is 0 Å². The van der Waals surface area contributed by atoms with E-state index in [1.54, 1.807) is 0 Å². The number of aliphatic hydroxyl groups is 2. The van der Waals surface area contributed by atoms with Crippen LogP contribution >= 0.6 is 0 Å². The summed E-state index contributed by atoms with van der Waals surface area (Å²) in [6, 6.07) is 0. The van der Waals surface area contributed by atoms with Crippen molar-refractivity contribution in [1.29, 1.82) is 0 Å². The number of hydrogen-bond acceptors (Lipinski definition) is 8. The van der Waals surface area contributed by atoms with Gasteiger partial charge in [-0.2, -0.15) is 0 Å². The molecule has 0 aromatic rings. The number of hydrogen-bond donors (Lipinski definition) is 6. The molecule has 8 N–H and O–H groups in total. The molecule has 0 spiro atoms. The van der Waals surface area contributed by atoms with Crippen LogP contribution in [0.1, 0.15) is 93.9 Å². The van der Waals surface area contributed by atoms with E-state index >= 15 is 0 Å². The third-order valence-corrected chi connectivity index (χ3v) is 6.17. The molecule has 214 valence electrons. The molecule has 36 heavy (non-hydrogen) atoms. The molecule has 0 saturated heterocycles. The van der Waals surface area contributed by atoms with Crippen LogP contribution < -0.4 is 22.1 Å². The van der Waals surface area contributed by atoms with Crippen LogP contribution in [-0.2, 0) is 19.1 Å². The topological polar surface area (TPSA) is 169 Å². The number of rotatable bonds is 19. The van der Waals surface area contributed by atoms with Gasteiger partial charge in [-0.1, -0.05) is 0 Å². The van der Waals surface area contributed by atoms with E-state index < -0.39 is 29.2 Å². The average Bonchev–Trinajstić information content (AvgIpc) is 2.69. The Morgan fingerprint density at radius 2 is 1.17 bits per heavy atom. The van der Waals surface area contributed by atoms with Crippen molar-refractivity contribution >= 4 is 11.8 Å². The van der Waals surface area contributed by atoms with Crippen LogP contribution in [0.4, 0.5) is 0 Å². The lowest BCUT2D eigenvalue weighted by molar-refractivity contribution is -0.138. The molecule has 0 aromatic heterocycles. The van der Waals surface area contributed by atoms with Gasteiger partial charge in [-0.15, -0.1) is 0 Å². The number of carbonyl (C=O) groups excluding carboxylic acids is 2. The number of aliphatic hydroxyl groups excluding tert-OH is 2. The van der Waals surface area contributed by atoms with E-state index in [9.17, 15) is 19.8 Å². The third-order valence-electron chi connectivity index (χ3n) is 6.17. The lowest BCUT2D eigenvalue weighted by atomic mass is 9.98. The van der Waals surface area contributed by atoms with E-state index in [1.807, 2.05) is 55.4 Å². The van der Waals surface area contributed by atoms with E-state index in [0.29, 0.717) is 39.1 Å². The molecule has 0 aromatic carbocycles. The van der Waals surface area contributed by atoms with Gasteiger partial charge >= 0.3 is 0 Å². The fourth-order valence-electron chi connectivity index (χ4n) is 3.59. The molecule has 2 atom stereocenters. The van der Waals surface area contributed by atoms with E-state index in [-0.39, 0.29) is 30.0 Å². The number of carbonyl (C=O) groups is 2. The minimum Gasteiger partial charge on any atom is -0.390 e. The standard InChI is InChI=1S/C26H54N4O6/c1-23(2,13-17-35-25(5,6)11-15-27)29-20(32)10-9-19(31)21(33)22(34)30-24(3,4)14-18-36-26(7,8)12-16-28/h19,21,31,33H,9-18,27-28H2,1-8H3,(H,29,32)(H,30,34)/t19-,21+/m0/s1. The van der Waals surface area contributed by atoms with E-state index in [0.717, 1.165) is 12.8 Å². The zero-order valence-electron chi connectivity index (χ0n) is 23.9. The molecule has 10 nitrogen and oxygen atoms in total. The molecule has 0 aliphatic carbocycles. The summed E-state index contributed by atoms with van der Waals surface area (Å²) in [5.74, 6) is -0.961. The molecule has 2 amide bonds. The second-order valence-electron chi connectivity index (χ2n) is 12.1. The van der Waals surface area contributed by atoms with Gasteiger partial charge in [-0.25, -0.2) is 0 Å². The summed E-state index contributed by atoms with van der Waals surface area (Å²) in [5, 5.41) is 26.3. The van der Waals surface area contributed by atoms with Crippen molar-refractivity contribution in [3.63, 3.8) is 0 Å². The molecule has 0 aliphatic rings. The van der Waals surface area contributed by atoms with Gasteiger partial charge in [0.15, 0.2) is 6.10 Å². The number of nitrogens with two attached hydrogens (primary N) is 2. The fourth-order valence-corrected chi connectivity index (χ4v) is 3.59. The quantitative estimate of drug-likeness (QED) is 0.149. The number of nitrogens with one attached hydrogen (secondary N) is 2. The maximum Gasteiger partial charge on any atom is 0.251 e. The minimum absolute atomic E-state index is 0.0259. The Balaban J connectivity index is 4.51. The van der Waals surface area contributed by atoms with E-state index in [4.69, 9.17) is 20.9 Å². The molecule has 0 saturated carbocycles. The lowest BCUT2D eigenvalue weighted by Crippen LogP contribution is -2.52. The maximum absolute atomic E-state index is 12.5. The minimum atomic E-state index is -1.64. The second-order valence-corrected chi connectivity index (χ2v) is 12.1. The zero-order chi connectivity index (χ0) is 28.2. The third kappa shape index (κ3) is 15.7. The van der Waals surface area contributed by atoms with Crippen molar-refractivity contribution in [3.8, 4) is 0 Å². The maximum atomic E-state index is 12.5. The molecule has 0 unspecified atom stereocenters. The molecular formula is C26H54N4O6. The normalized spacial score (nSPS) is 14.9. The van der Waals surface area contributed by atoms with Crippen LogP contribution in [0.15, 0.2) is 0 Å². The van der Waals surface area contributed by atoms with Gasteiger partial charge in [0.2, 0.25) is 5.91 Å². The van der Waals surface area contributed by atoms with E-state index in [2.05, 4.69) is 10.6 Å². The Bertz CT molecular complexity index is 667. The predicted molar refractivity (Wildman–Crippen MR) is 142 cm³/mol. The number of amides is 2. The molecule has 0 bridgehead atoms. The lowest BCUT2D eigenvalue weighted by Gasteiger charge is -2.31. The van der Waals surface area contributed by atoms with Gasteiger partial charge in [0.05, 0.1) is 17.3 Å². The summed E-state index contributed by atoms with van der Waals surface area (Å²) in [4.78, 5) is 24.9. The fraction of sp³-hybridized carbons (Fsp3) is 0.923. The summed E-state index contributed by atoms with van der Waals surface area (Å²) < 4.78 is 11.7. The van der Waals surface area contributed by atoms with Crippen molar-refractivity contribution in [2.24, 2.45) is 11.5 Å². The first-order chi connectivity index (χ1) is 16.4. The molecular weight excluding hydrogens is 464 g/mol. The largest absolute Gasteiger partial charge is 0.390 e. The Kier molecular flexibility index (Phi) is 14.6. The van der Waals surface area contributed by atoms with Gasteiger partial charge in [-0.3, -0.25) is 9.59 Å². The molecule has 0 fully saturated rings. The van der Waals surface area contributed by atoms with Gasteiger partial charge in [0.25, 0.3) is 5.91 Å². The Hall–Kier alpha value is -1.30. The van der Waals surface area contributed by atoms with Gasteiger partial charge in [0.1, 0.15) is 0 Å². The zero-order valence-corrected chi connectivity index (χ0v) is 23.9. The highest BCUT2D eigenvalue weighted by molar-refractivity contribution is 5.82. The first kappa shape index (κ1) is 34.7. The molecule has 0 aliphatic heterocycles. The highest BCUT2D eigenvalue weighted by Crippen LogP contribution is 2.18. The highest BCUT2D eigenvalue weighted by atomic mass is 16.5. The monoisotopic (exact) mass is 518 g/mol. The van der Waals surface area contributed by atoms with Crippen molar-refractivity contribution in [1.82, 2.24) is 10.6 Å². The van der Waals surface area contributed by atoms with Crippen LogP contribution in [0.2, 0.25) is 0 Å². The molecule has 0 rings (SSSR count). The van der Waals surface area contributed by atoms with Crippen LogP contribution in [0.25, 0.3) is 0 Å². The summed E-state index contributed by atoms with van der Waals surface area (Å²) in [6.07, 6.45) is -0.507. The van der Waals surface area contributed by atoms with Gasteiger partial charge in [0, 0.05) is 30.7 Å². The Morgan fingerprint density at radius 3 is 1.58 bits per heavy atom. The summed E-state index contributed by atoms with van der Waals surface area (Å²) >= 11 is 0. The second kappa shape index (κ2) is 15.2. The molecule has 0 heterocycles. The van der Waals surface area contributed by atoms with E-state index in [1.165, 1.54) is 0 Å². The SMILES string of the molecule is CC(C)(CCOC(C)(C)CCN)NC(=O)CC[C@H](O)[C@@H](O)C(=O)NC(C)(C)CCOC(C)(C)CCN. The van der Waals surface area contributed by atoms with Crippen molar-refractivity contribution < 1.29 is 29.3 Å².